The highest BCUT2D eigenvalue weighted by molar-refractivity contribution is 6.33. The second kappa shape index (κ2) is 9.11. The highest BCUT2D eigenvalue weighted by atomic mass is 35.5. The average Bonchev–Trinajstić information content (AvgIpc) is 3.11. The summed E-state index contributed by atoms with van der Waals surface area (Å²) >= 11 is 5.99. The van der Waals surface area contributed by atoms with Gasteiger partial charge in [0.25, 0.3) is 0 Å². The van der Waals surface area contributed by atoms with E-state index in [9.17, 15) is 14.4 Å². The smallest absolute Gasteiger partial charge is 0.407 e. The van der Waals surface area contributed by atoms with Gasteiger partial charge in [0, 0.05) is 5.92 Å². The predicted octanol–water partition coefficient (Wildman–Crippen LogP) is 4.52. The van der Waals surface area contributed by atoms with Crippen molar-refractivity contribution in [3.63, 3.8) is 0 Å². The van der Waals surface area contributed by atoms with Gasteiger partial charge in [-0.3, -0.25) is 4.79 Å². The molecule has 3 N–H and O–H groups in total. The molecule has 32 heavy (non-hydrogen) atoms. The standard InChI is InChI=1S/C24H19ClN2O5/c25-20-10-9-14(23(29)30)11-21(20)27-22(28)12-26-24(31)32-13-19-17-7-3-1-5-15(17)16-6-2-4-8-18(16)19/h1-11,19H,12-13H2,(H,26,31)(H,27,28)(H,29,30). The van der Waals surface area contributed by atoms with Crippen LogP contribution in [0.5, 0.6) is 0 Å². The van der Waals surface area contributed by atoms with E-state index in [1.807, 2.05) is 48.5 Å². The number of hydrogen-bond acceptors (Lipinski definition) is 4. The maximum atomic E-state index is 12.2. The fourth-order valence-electron chi connectivity index (χ4n) is 3.75. The van der Waals surface area contributed by atoms with Crippen molar-refractivity contribution in [2.24, 2.45) is 0 Å². The van der Waals surface area contributed by atoms with Gasteiger partial charge in [-0.25, -0.2) is 9.59 Å². The van der Waals surface area contributed by atoms with Crippen molar-refractivity contribution in [2.45, 2.75) is 5.92 Å². The fraction of sp³-hybridized carbons (Fsp3) is 0.125. The maximum absolute atomic E-state index is 12.2. The molecule has 0 saturated carbocycles. The topological polar surface area (TPSA) is 105 Å². The summed E-state index contributed by atoms with van der Waals surface area (Å²) in [4.78, 5) is 35.4. The Morgan fingerprint density at radius 2 is 1.56 bits per heavy atom. The van der Waals surface area contributed by atoms with Crippen molar-refractivity contribution < 1.29 is 24.2 Å². The highest BCUT2D eigenvalue weighted by Gasteiger charge is 2.29. The van der Waals surface area contributed by atoms with E-state index in [-0.39, 0.29) is 35.3 Å². The highest BCUT2D eigenvalue weighted by Crippen LogP contribution is 2.44. The largest absolute Gasteiger partial charge is 0.478 e. The van der Waals surface area contributed by atoms with E-state index in [1.165, 1.54) is 18.2 Å². The molecule has 0 spiro atoms. The van der Waals surface area contributed by atoms with E-state index in [4.69, 9.17) is 21.4 Å². The number of halogens is 1. The number of amides is 2. The Morgan fingerprint density at radius 1 is 0.938 bits per heavy atom. The number of hydrogen-bond donors (Lipinski definition) is 3. The van der Waals surface area contributed by atoms with Gasteiger partial charge in [-0.05, 0) is 40.5 Å². The Kier molecular flexibility index (Phi) is 6.09. The molecule has 2 amide bonds. The minimum Gasteiger partial charge on any atom is -0.478 e. The Labute approximate surface area is 189 Å². The number of rotatable bonds is 6. The van der Waals surface area contributed by atoms with Crippen LogP contribution in [0.1, 0.15) is 27.4 Å². The molecule has 4 rings (SSSR count). The summed E-state index contributed by atoms with van der Waals surface area (Å²) < 4.78 is 5.38. The Hall–Kier alpha value is -3.84. The minimum atomic E-state index is -1.14. The van der Waals surface area contributed by atoms with Crippen molar-refractivity contribution in [1.29, 1.82) is 0 Å². The third-order valence-corrected chi connectivity index (χ3v) is 5.55. The van der Waals surface area contributed by atoms with E-state index in [2.05, 4.69) is 10.6 Å². The number of ether oxygens (including phenoxy) is 1. The van der Waals surface area contributed by atoms with E-state index >= 15 is 0 Å². The normalized spacial score (nSPS) is 11.9. The van der Waals surface area contributed by atoms with Gasteiger partial charge in [-0.15, -0.1) is 0 Å². The first-order chi connectivity index (χ1) is 15.4. The zero-order valence-electron chi connectivity index (χ0n) is 16.8. The van der Waals surface area contributed by atoms with Crippen LogP contribution in [0.2, 0.25) is 5.02 Å². The van der Waals surface area contributed by atoms with E-state index in [1.54, 1.807) is 0 Å². The van der Waals surface area contributed by atoms with Gasteiger partial charge in [-0.1, -0.05) is 60.1 Å². The number of carboxylic acid groups (broad SMARTS) is 1. The number of nitrogens with one attached hydrogen (secondary N) is 2. The van der Waals surface area contributed by atoms with Crippen molar-refractivity contribution in [1.82, 2.24) is 5.32 Å². The van der Waals surface area contributed by atoms with Crippen LogP contribution in [0.4, 0.5) is 10.5 Å². The molecule has 162 valence electrons. The van der Waals surface area contributed by atoms with Crippen LogP contribution in [-0.4, -0.2) is 36.2 Å². The number of aromatic carboxylic acids is 1. The molecule has 8 heteroatoms. The van der Waals surface area contributed by atoms with Gasteiger partial charge < -0.3 is 20.5 Å². The van der Waals surface area contributed by atoms with Crippen LogP contribution in [0.3, 0.4) is 0 Å². The van der Waals surface area contributed by atoms with Crippen LogP contribution < -0.4 is 10.6 Å². The van der Waals surface area contributed by atoms with Gasteiger partial charge in [0.2, 0.25) is 5.91 Å². The van der Waals surface area contributed by atoms with Crippen molar-refractivity contribution in [3.05, 3.63) is 88.4 Å². The molecule has 3 aromatic carbocycles. The summed E-state index contributed by atoms with van der Waals surface area (Å²) in [7, 11) is 0. The van der Waals surface area contributed by atoms with Crippen LogP contribution in [0.15, 0.2) is 66.7 Å². The SMILES string of the molecule is O=C(CNC(=O)OCC1c2ccccc2-c2ccccc21)Nc1cc(C(=O)O)ccc1Cl. The predicted molar refractivity (Wildman–Crippen MR) is 120 cm³/mol. The van der Waals surface area contributed by atoms with Crippen molar-refractivity contribution >= 4 is 35.3 Å². The molecule has 0 bridgehead atoms. The Bertz CT molecular complexity index is 1160. The Balaban J connectivity index is 1.33. The van der Waals surface area contributed by atoms with Gasteiger partial charge in [0.05, 0.1) is 16.3 Å². The summed E-state index contributed by atoms with van der Waals surface area (Å²) in [5.41, 5.74) is 4.55. The fourth-order valence-corrected chi connectivity index (χ4v) is 3.92. The molecule has 0 fully saturated rings. The molecule has 0 atom stereocenters. The van der Waals surface area contributed by atoms with E-state index in [0.29, 0.717) is 0 Å². The number of benzene rings is 3. The summed E-state index contributed by atoms with van der Waals surface area (Å²) in [5, 5.41) is 14.1. The zero-order chi connectivity index (χ0) is 22.7. The third-order valence-electron chi connectivity index (χ3n) is 5.22. The first-order valence-corrected chi connectivity index (χ1v) is 10.2. The third kappa shape index (κ3) is 4.43. The van der Waals surface area contributed by atoms with Crippen LogP contribution in [-0.2, 0) is 9.53 Å². The number of carboxylic acids is 1. The Morgan fingerprint density at radius 3 is 2.19 bits per heavy atom. The lowest BCUT2D eigenvalue weighted by Crippen LogP contribution is -2.34. The molecule has 0 aliphatic heterocycles. The summed E-state index contributed by atoms with van der Waals surface area (Å²) in [6.07, 6.45) is -0.729. The molecule has 0 heterocycles. The minimum absolute atomic E-state index is 0.0193. The monoisotopic (exact) mass is 450 g/mol. The summed E-state index contributed by atoms with van der Waals surface area (Å²) in [5.74, 6) is -1.79. The molecular formula is C24H19ClN2O5. The van der Waals surface area contributed by atoms with Crippen LogP contribution in [0, 0.1) is 0 Å². The molecular weight excluding hydrogens is 432 g/mol. The van der Waals surface area contributed by atoms with Crippen LogP contribution in [0.25, 0.3) is 11.1 Å². The first kappa shape index (κ1) is 21.4. The average molecular weight is 451 g/mol. The molecule has 1 aliphatic carbocycles. The van der Waals surface area contributed by atoms with E-state index < -0.39 is 18.0 Å². The maximum Gasteiger partial charge on any atom is 0.407 e. The first-order valence-electron chi connectivity index (χ1n) is 9.85. The lowest BCUT2D eigenvalue weighted by molar-refractivity contribution is -0.115. The second-order valence-corrected chi connectivity index (χ2v) is 7.63. The molecule has 7 nitrogen and oxygen atoms in total. The number of anilines is 1. The van der Waals surface area contributed by atoms with Crippen molar-refractivity contribution in [3.8, 4) is 11.1 Å². The lowest BCUT2D eigenvalue weighted by atomic mass is 9.98. The number of carbonyl (C=O) groups excluding carboxylic acids is 2. The molecule has 3 aromatic rings. The van der Waals surface area contributed by atoms with Gasteiger partial charge >= 0.3 is 12.1 Å². The number of carbonyl (C=O) groups is 3. The van der Waals surface area contributed by atoms with Crippen LogP contribution >= 0.6 is 11.6 Å². The summed E-state index contributed by atoms with van der Waals surface area (Å²) in [6, 6.07) is 19.9. The van der Waals surface area contributed by atoms with E-state index in [0.717, 1.165) is 22.3 Å². The van der Waals surface area contributed by atoms with Crippen molar-refractivity contribution in [2.75, 3.05) is 18.5 Å². The molecule has 1 aliphatic rings. The molecule has 0 unspecified atom stereocenters. The lowest BCUT2D eigenvalue weighted by Gasteiger charge is -2.14. The second-order valence-electron chi connectivity index (χ2n) is 7.23. The number of fused-ring (bicyclic) bond motifs is 3. The molecule has 0 radical (unpaired) electrons. The molecule has 0 saturated heterocycles. The quantitative estimate of drug-likeness (QED) is 0.512. The van der Waals surface area contributed by atoms with Gasteiger partial charge in [0.1, 0.15) is 13.2 Å². The van der Waals surface area contributed by atoms with Gasteiger partial charge in [-0.2, -0.15) is 0 Å². The van der Waals surface area contributed by atoms with Gasteiger partial charge in [0.15, 0.2) is 0 Å². The number of alkyl carbamates (subject to hydrolysis) is 1. The zero-order valence-corrected chi connectivity index (χ0v) is 17.6. The molecule has 0 aromatic heterocycles. The summed E-state index contributed by atoms with van der Waals surface area (Å²) in [6.45, 7) is -0.224.